The molecule has 0 aromatic heterocycles. The first kappa shape index (κ1) is 14.3. The molecule has 0 heterocycles. The third-order valence-electron chi connectivity index (χ3n) is 7.27. The summed E-state index contributed by atoms with van der Waals surface area (Å²) in [7, 11) is 2.23. The summed E-state index contributed by atoms with van der Waals surface area (Å²) in [4.78, 5) is 0. The Morgan fingerprint density at radius 3 is 2.29 bits per heavy atom. The summed E-state index contributed by atoms with van der Waals surface area (Å²) in [6, 6.07) is 0.667. The van der Waals surface area contributed by atoms with Crippen LogP contribution in [0.15, 0.2) is 11.6 Å². The van der Waals surface area contributed by atoms with Crippen molar-refractivity contribution in [3.05, 3.63) is 11.6 Å². The Hall–Kier alpha value is -0.300. The largest absolute Gasteiger partial charge is 0.313 e. The second-order valence-corrected chi connectivity index (χ2v) is 9.74. The fourth-order valence-corrected chi connectivity index (χ4v) is 7.87. The number of rotatable bonds is 3. The van der Waals surface area contributed by atoms with Crippen LogP contribution in [-0.2, 0) is 0 Å². The van der Waals surface area contributed by atoms with Crippen LogP contribution in [0.5, 0.6) is 0 Å². The third-order valence-corrected chi connectivity index (χ3v) is 7.27. The van der Waals surface area contributed by atoms with Gasteiger partial charge in [-0.25, -0.2) is 0 Å². The van der Waals surface area contributed by atoms with Gasteiger partial charge in [-0.05, 0) is 93.4 Å². The molecule has 0 aromatic rings. The lowest BCUT2D eigenvalue weighted by molar-refractivity contribution is -0.153. The summed E-state index contributed by atoms with van der Waals surface area (Å²) in [5.41, 5.74) is 3.61. The number of nitrogens with one attached hydrogen (secondary N) is 1. The van der Waals surface area contributed by atoms with Gasteiger partial charge in [0.2, 0.25) is 0 Å². The van der Waals surface area contributed by atoms with Crippen molar-refractivity contribution in [1.29, 1.82) is 0 Å². The molecule has 4 fully saturated rings. The Balaban J connectivity index is 1.70. The zero-order valence-electron chi connectivity index (χ0n) is 14.3. The second kappa shape index (κ2) is 4.60. The summed E-state index contributed by atoms with van der Waals surface area (Å²) in [5.74, 6) is 1.01. The van der Waals surface area contributed by atoms with Crippen LogP contribution in [0, 0.1) is 22.2 Å². The van der Waals surface area contributed by atoms with E-state index in [2.05, 4.69) is 32.3 Å². The minimum atomic E-state index is 0.570. The molecule has 0 spiro atoms. The van der Waals surface area contributed by atoms with Crippen LogP contribution in [0.2, 0.25) is 0 Å². The van der Waals surface area contributed by atoms with Gasteiger partial charge in [-0.1, -0.05) is 25.5 Å². The normalized spacial score (nSPS) is 50.0. The Morgan fingerprint density at radius 1 is 1.05 bits per heavy atom. The molecule has 0 saturated heterocycles. The van der Waals surface area contributed by atoms with Crippen molar-refractivity contribution in [1.82, 2.24) is 5.32 Å². The van der Waals surface area contributed by atoms with E-state index in [1.165, 1.54) is 64.2 Å². The highest BCUT2D eigenvalue weighted by Crippen LogP contribution is 2.70. The van der Waals surface area contributed by atoms with E-state index in [1.807, 2.05) is 0 Å². The molecule has 1 heteroatoms. The lowest BCUT2D eigenvalue weighted by Crippen LogP contribution is -2.61. The molecule has 4 saturated carbocycles. The van der Waals surface area contributed by atoms with E-state index in [4.69, 9.17) is 0 Å². The number of hydrogen-bond acceptors (Lipinski definition) is 1. The van der Waals surface area contributed by atoms with E-state index >= 15 is 0 Å². The molecule has 21 heavy (non-hydrogen) atoms. The predicted molar refractivity (Wildman–Crippen MR) is 89.2 cm³/mol. The third kappa shape index (κ3) is 2.22. The van der Waals surface area contributed by atoms with Crippen LogP contribution in [0.4, 0.5) is 0 Å². The molecular formula is C20H33N. The van der Waals surface area contributed by atoms with Crippen molar-refractivity contribution >= 4 is 0 Å². The average molecular weight is 287 g/mol. The molecule has 0 radical (unpaired) electrons. The smallest absolute Gasteiger partial charge is 0.0334 e. The standard InChI is InChI=1S/C20H33N/c1-18-9-15-10-19(2,12-18)14-20(11-15,13-18)17(21-3)16-7-5-4-6-8-16/h7,15,17,21H,4-6,8-14H2,1-3H3. The lowest BCUT2D eigenvalue weighted by atomic mass is 9.38. The Labute approximate surface area is 131 Å². The molecule has 5 rings (SSSR count). The summed E-state index contributed by atoms with van der Waals surface area (Å²) in [6.07, 6.45) is 17.1. The minimum Gasteiger partial charge on any atom is -0.313 e. The van der Waals surface area contributed by atoms with Crippen molar-refractivity contribution in [2.24, 2.45) is 22.2 Å². The molecule has 0 amide bonds. The molecule has 1 nitrogen and oxygen atoms in total. The van der Waals surface area contributed by atoms with Crippen molar-refractivity contribution in [2.75, 3.05) is 7.05 Å². The maximum absolute atomic E-state index is 3.79. The van der Waals surface area contributed by atoms with Gasteiger partial charge in [-0.3, -0.25) is 0 Å². The Morgan fingerprint density at radius 2 is 1.76 bits per heavy atom. The first-order valence-corrected chi connectivity index (χ1v) is 9.32. The van der Waals surface area contributed by atoms with Crippen LogP contribution < -0.4 is 5.32 Å². The molecule has 3 unspecified atom stereocenters. The first-order valence-electron chi connectivity index (χ1n) is 9.32. The quantitative estimate of drug-likeness (QED) is 0.714. The fourth-order valence-electron chi connectivity index (χ4n) is 7.87. The highest BCUT2D eigenvalue weighted by Gasteiger charge is 2.62. The molecule has 3 atom stereocenters. The summed E-state index contributed by atoms with van der Waals surface area (Å²) >= 11 is 0. The molecule has 0 aliphatic heterocycles. The molecule has 5 aliphatic carbocycles. The van der Waals surface area contributed by atoms with Crippen LogP contribution in [0.25, 0.3) is 0 Å². The monoisotopic (exact) mass is 287 g/mol. The van der Waals surface area contributed by atoms with Gasteiger partial charge in [0.1, 0.15) is 0 Å². The van der Waals surface area contributed by atoms with Crippen LogP contribution in [0.1, 0.15) is 78.1 Å². The van der Waals surface area contributed by atoms with E-state index in [1.54, 1.807) is 5.57 Å². The van der Waals surface area contributed by atoms with E-state index in [0.29, 0.717) is 22.3 Å². The van der Waals surface area contributed by atoms with Gasteiger partial charge in [-0.15, -0.1) is 0 Å². The molecule has 118 valence electrons. The van der Waals surface area contributed by atoms with Crippen molar-refractivity contribution in [2.45, 2.75) is 84.1 Å². The van der Waals surface area contributed by atoms with Gasteiger partial charge >= 0.3 is 0 Å². The lowest BCUT2D eigenvalue weighted by Gasteiger charge is -2.67. The zero-order chi connectivity index (χ0) is 14.7. The maximum Gasteiger partial charge on any atom is 0.0334 e. The van der Waals surface area contributed by atoms with Gasteiger partial charge in [0.25, 0.3) is 0 Å². The van der Waals surface area contributed by atoms with E-state index in [9.17, 15) is 0 Å². The summed E-state index contributed by atoms with van der Waals surface area (Å²) in [6.45, 7) is 5.21. The molecular weight excluding hydrogens is 254 g/mol. The van der Waals surface area contributed by atoms with Gasteiger partial charge in [0, 0.05) is 6.04 Å². The Bertz CT molecular complexity index is 444. The van der Waals surface area contributed by atoms with Crippen LogP contribution in [-0.4, -0.2) is 13.1 Å². The van der Waals surface area contributed by atoms with Crippen molar-refractivity contribution < 1.29 is 0 Å². The van der Waals surface area contributed by atoms with Crippen LogP contribution in [0.3, 0.4) is 0 Å². The van der Waals surface area contributed by atoms with E-state index in [0.717, 1.165) is 5.92 Å². The van der Waals surface area contributed by atoms with Crippen LogP contribution >= 0.6 is 0 Å². The highest BCUT2D eigenvalue weighted by atomic mass is 14.9. The Kier molecular flexibility index (Phi) is 3.13. The average Bonchev–Trinajstić information content (AvgIpc) is 2.36. The number of likely N-dealkylation sites (N-methyl/N-ethyl adjacent to an activating group) is 1. The molecule has 0 aromatic carbocycles. The fraction of sp³-hybridized carbons (Fsp3) is 0.900. The molecule has 5 aliphatic rings. The topological polar surface area (TPSA) is 12.0 Å². The van der Waals surface area contributed by atoms with Crippen molar-refractivity contribution in [3.63, 3.8) is 0 Å². The highest BCUT2D eigenvalue weighted by molar-refractivity contribution is 5.23. The zero-order valence-corrected chi connectivity index (χ0v) is 14.3. The second-order valence-electron chi connectivity index (χ2n) is 9.74. The van der Waals surface area contributed by atoms with Gasteiger partial charge in [0.05, 0.1) is 0 Å². The first-order chi connectivity index (χ1) is 9.96. The van der Waals surface area contributed by atoms with Gasteiger partial charge < -0.3 is 5.32 Å². The van der Waals surface area contributed by atoms with Gasteiger partial charge in [-0.2, -0.15) is 0 Å². The molecule has 4 bridgehead atoms. The summed E-state index contributed by atoms with van der Waals surface area (Å²) < 4.78 is 0. The van der Waals surface area contributed by atoms with E-state index in [-0.39, 0.29) is 0 Å². The van der Waals surface area contributed by atoms with E-state index < -0.39 is 0 Å². The molecule has 1 N–H and O–H groups in total. The predicted octanol–water partition coefficient (Wildman–Crippen LogP) is 5.07. The summed E-state index contributed by atoms with van der Waals surface area (Å²) in [5, 5.41) is 3.79. The van der Waals surface area contributed by atoms with Crippen molar-refractivity contribution in [3.8, 4) is 0 Å². The van der Waals surface area contributed by atoms with Gasteiger partial charge in [0.15, 0.2) is 0 Å². The minimum absolute atomic E-state index is 0.570. The SMILES string of the molecule is CNC(C1=CCCCC1)C12CC3CC(C)(CC(C)(C3)C1)C2. The number of allylic oxidation sites excluding steroid dienone is 1. The number of hydrogen-bond donors (Lipinski definition) is 1. The maximum atomic E-state index is 3.79.